The van der Waals surface area contributed by atoms with E-state index in [4.69, 9.17) is 0 Å². The third kappa shape index (κ3) is 2.18. The Bertz CT molecular complexity index is 472. The van der Waals surface area contributed by atoms with E-state index < -0.39 is 0 Å². The van der Waals surface area contributed by atoms with E-state index in [0.29, 0.717) is 6.04 Å². The molecule has 1 aliphatic rings. The van der Waals surface area contributed by atoms with Crippen LogP contribution in [0.5, 0.6) is 0 Å². The maximum absolute atomic E-state index is 4.63. The highest BCUT2D eigenvalue weighted by molar-refractivity contribution is 5.39. The number of pyridine rings is 1. The molecule has 4 heteroatoms. The van der Waals surface area contributed by atoms with Gasteiger partial charge in [-0.3, -0.25) is 4.90 Å². The molecule has 0 saturated carbocycles. The van der Waals surface area contributed by atoms with Gasteiger partial charge in [0.2, 0.25) is 0 Å². The van der Waals surface area contributed by atoms with Crippen LogP contribution in [0, 0.1) is 0 Å². The van der Waals surface area contributed by atoms with Crippen molar-refractivity contribution in [2.75, 3.05) is 20.1 Å². The van der Waals surface area contributed by atoms with Gasteiger partial charge in [0, 0.05) is 38.1 Å². The van der Waals surface area contributed by atoms with Gasteiger partial charge in [-0.2, -0.15) is 0 Å². The van der Waals surface area contributed by atoms with Crippen molar-refractivity contribution in [1.29, 1.82) is 0 Å². The monoisotopic (exact) mass is 230 g/mol. The molecule has 0 aliphatic carbocycles. The van der Waals surface area contributed by atoms with E-state index in [1.807, 2.05) is 31.4 Å². The highest BCUT2D eigenvalue weighted by Crippen LogP contribution is 2.13. The van der Waals surface area contributed by atoms with Gasteiger partial charge in [0.1, 0.15) is 5.65 Å². The number of hydrogen-bond acceptors (Lipinski definition) is 3. The van der Waals surface area contributed by atoms with Crippen LogP contribution >= 0.6 is 0 Å². The Morgan fingerprint density at radius 3 is 3.18 bits per heavy atom. The average Bonchev–Trinajstić information content (AvgIpc) is 2.94. The van der Waals surface area contributed by atoms with Gasteiger partial charge < -0.3 is 9.72 Å². The predicted octanol–water partition coefficient (Wildman–Crippen LogP) is 1.13. The third-order valence-corrected chi connectivity index (χ3v) is 3.48. The second-order valence-corrected chi connectivity index (χ2v) is 4.71. The number of hydrogen-bond donors (Lipinski definition) is 1. The van der Waals surface area contributed by atoms with Crippen LogP contribution in [0.2, 0.25) is 0 Å². The van der Waals surface area contributed by atoms with Gasteiger partial charge in [0.25, 0.3) is 0 Å². The van der Waals surface area contributed by atoms with Gasteiger partial charge in [0.05, 0.1) is 5.69 Å². The zero-order valence-electron chi connectivity index (χ0n) is 10.1. The Balaban J connectivity index is 1.73. The summed E-state index contributed by atoms with van der Waals surface area (Å²) in [4.78, 5) is 7.09. The van der Waals surface area contributed by atoms with E-state index in [9.17, 15) is 0 Å². The summed E-state index contributed by atoms with van der Waals surface area (Å²) in [5.74, 6) is 0. The van der Waals surface area contributed by atoms with Crippen LogP contribution in [0.1, 0.15) is 12.1 Å². The summed E-state index contributed by atoms with van der Waals surface area (Å²) in [5.41, 5.74) is 2.19. The van der Waals surface area contributed by atoms with E-state index >= 15 is 0 Å². The van der Waals surface area contributed by atoms with Gasteiger partial charge in [-0.1, -0.05) is 6.07 Å². The zero-order valence-corrected chi connectivity index (χ0v) is 10.1. The van der Waals surface area contributed by atoms with Crippen molar-refractivity contribution in [1.82, 2.24) is 19.6 Å². The Morgan fingerprint density at radius 1 is 1.47 bits per heavy atom. The number of rotatable bonds is 3. The van der Waals surface area contributed by atoms with Gasteiger partial charge in [-0.15, -0.1) is 0 Å². The lowest BCUT2D eigenvalue weighted by molar-refractivity contribution is 0.319. The Kier molecular flexibility index (Phi) is 2.82. The second kappa shape index (κ2) is 4.47. The first-order valence-corrected chi connectivity index (χ1v) is 6.17. The highest BCUT2D eigenvalue weighted by atomic mass is 15.2. The Labute approximate surface area is 101 Å². The summed E-state index contributed by atoms with van der Waals surface area (Å²) in [6.07, 6.45) is 5.41. The van der Waals surface area contributed by atoms with Crippen LogP contribution < -0.4 is 5.32 Å². The first-order chi connectivity index (χ1) is 8.35. The average molecular weight is 230 g/mol. The van der Waals surface area contributed by atoms with Crippen LogP contribution in [-0.4, -0.2) is 40.5 Å². The van der Waals surface area contributed by atoms with Crippen molar-refractivity contribution in [3.05, 3.63) is 36.3 Å². The van der Waals surface area contributed by atoms with E-state index in [1.54, 1.807) is 0 Å². The summed E-state index contributed by atoms with van der Waals surface area (Å²) in [7, 11) is 2.04. The molecule has 2 aromatic rings. The number of imidazole rings is 1. The van der Waals surface area contributed by atoms with Gasteiger partial charge in [-0.25, -0.2) is 4.98 Å². The number of nitrogens with zero attached hydrogens (tertiary/aromatic N) is 3. The fourth-order valence-corrected chi connectivity index (χ4v) is 2.50. The molecule has 0 bridgehead atoms. The summed E-state index contributed by atoms with van der Waals surface area (Å²) >= 11 is 0. The van der Waals surface area contributed by atoms with E-state index in [-0.39, 0.29) is 0 Å². The largest absolute Gasteiger partial charge is 0.316 e. The maximum Gasteiger partial charge on any atom is 0.137 e. The zero-order chi connectivity index (χ0) is 11.7. The first-order valence-electron chi connectivity index (χ1n) is 6.17. The molecule has 3 rings (SSSR count). The first kappa shape index (κ1) is 10.7. The summed E-state index contributed by atoms with van der Waals surface area (Å²) in [5, 5.41) is 3.34. The number of nitrogens with one attached hydrogen (secondary N) is 1. The van der Waals surface area contributed by atoms with E-state index in [2.05, 4.69) is 25.8 Å². The number of likely N-dealkylation sites (N-methyl/N-ethyl adjacent to an activating group) is 1. The molecule has 1 N–H and O–H groups in total. The molecule has 1 atom stereocenters. The van der Waals surface area contributed by atoms with Crippen molar-refractivity contribution in [2.45, 2.75) is 19.0 Å². The van der Waals surface area contributed by atoms with E-state index in [1.165, 1.54) is 13.0 Å². The minimum Gasteiger partial charge on any atom is -0.316 e. The minimum absolute atomic E-state index is 0.645. The molecule has 0 radical (unpaired) electrons. The highest BCUT2D eigenvalue weighted by Gasteiger charge is 2.21. The van der Waals surface area contributed by atoms with Gasteiger partial charge in [-0.05, 0) is 25.6 Å². The molecule has 4 nitrogen and oxygen atoms in total. The molecule has 90 valence electrons. The molecule has 0 spiro atoms. The summed E-state index contributed by atoms with van der Waals surface area (Å²) in [6.45, 7) is 3.25. The number of aromatic nitrogens is 2. The van der Waals surface area contributed by atoms with Crippen LogP contribution in [0.4, 0.5) is 0 Å². The quantitative estimate of drug-likeness (QED) is 0.858. The van der Waals surface area contributed by atoms with Crippen molar-refractivity contribution in [3.8, 4) is 0 Å². The standard InChI is InChI=1S/C13H18N4/c1-14-11-5-7-16(8-11)9-12-10-17-6-3-2-4-13(17)15-12/h2-4,6,10-11,14H,5,7-9H2,1H3. The fraction of sp³-hybridized carbons (Fsp3) is 0.462. The smallest absolute Gasteiger partial charge is 0.137 e. The van der Waals surface area contributed by atoms with E-state index in [0.717, 1.165) is 24.4 Å². The predicted molar refractivity (Wildman–Crippen MR) is 67.9 cm³/mol. The third-order valence-electron chi connectivity index (χ3n) is 3.48. The van der Waals surface area contributed by atoms with Crippen LogP contribution in [0.15, 0.2) is 30.6 Å². The van der Waals surface area contributed by atoms with Crippen molar-refractivity contribution in [3.63, 3.8) is 0 Å². The van der Waals surface area contributed by atoms with Crippen LogP contribution in [-0.2, 0) is 6.54 Å². The van der Waals surface area contributed by atoms with Crippen molar-refractivity contribution in [2.24, 2.45) is 0 Å². The number of fused-ring (bicyclic) bond motifs is 1. The lowest BCUT2D eigenvalue weighted by Crippen LogP contribution is -2.29. The molecule has 1 unspecified atom stereocenters. The molecule has 0 aromatic carbocycles. The Morgan fingerprint density at radius 2 is 2.41 bits per heavy atom. The molecule has 1 saturated heterocycles. The SMILES string of the molecule is CNC1CCN(Cc2cn3ccccc3n2)C1. The van der Waals surface area contributed by atoms with Gasteiger partial charge in [0.15, 0.2) is 0 Å². The molecule has 2 aromatic heterocycles. The summed E-state index contributed by atoms with van der Waals surface area (Å²) in [6, 6.07) is 6.75. The number of likely N-dealkylation sites (tertiary alicyclic amines) is 1. The van der Waals surface area contributed by atoms with Crippen LogP contribution in [0.25, 0.3) is 5.65 Å². The molecule has 3 heterocycles. The molecule has 0 amide bonds. The molecule has 17 heavy (non-hydrogen) atoms. The summed E-state index contributed by atoms with van der Waals surface area (Å²) < 4.78 is 2.08. The molecule has 1 fully saturated rings. The van der Waals surface area contributed by atoms with Crippen molar-refractivity contribution < 1.29 is 0 Å². The molecular weight excluding hydrogens is 212 g/mol. The molecule has 1 aliphatic heterocycles. The maximum atomic E-state index is 4.63. The molecular formula is C13H18N4. The van der Waals surface area contributed by atoms with Crippen molar-refractivity contribution >= 4 is 5.65 Å². The van der Waals surface area contributed by atoms with Crippen LogP contribution in [0.3, 0.4) is 0 Å². The fourth-order valence-electron chi connectivity index (χ4n) is 2.50. The normalized spacial score (nSPS) is 21.4. The lowest BCUT2D eigenvalue weighted by Gasteiger charge is -2.13. The Hall–Kier alpha value is -1.39. The lowest BCUT2D eigenvalue weighted by atomic mass is 10.3. The second-order valence-electron chi connectivity index (χ2n) is 4.71. The topological polar surface area (TPSA) is 32.6 Å². The van der Waals surface area contributed by atoms with Gasteiger partial charge >= 0.3 is 0 Å². The minimum atomic E-state index is 0.645.